The van der Waals surface area contributed by atoms with Gasteiger partial charge >= 0.3 is 6.55 Å². The number of nitrogens with zero attached hydrogens (tertiary/aromatic N) is 5. The van der Waals surface area contributed by atoms with E-state index in [2.05, 4.69) is 30.9 Å². The number of nitrogens with two attached hydrogens (primary N) is 2. The average Bonchev–Trinajstić information content (AvgIpc) is 3.15. The van der Waals surface area contributed by atoms with Gasteiger partial charge in [0.25, 0.3) is 5.91 Å². The number of nitrogens with one attached hydrogen (secondary N) is 2. The lowest BCUT2D eigenvalue weighted by atomic mass is 10.1. The van der Waals surface area contributed by atoms with Crippen molar-refractivity contribution in [3.63, 3.8) is 0 Å². The molecule has 3 aromatic rings. The molecule has 1 amide bonds. The van der Waals surface area contributed by atoms with Gasteiger partial charge in [-0.3, -0.25) is 4.79 Å². The highest BCUT2D eigenvalue weighted by molar-refractivity contribution is 5.96. The number of aryl methyl sites for hydroxylation is 1. The summed E-state index contributed by atoms with van der Waals surface area (Å²) in [6.07, 6.45) is 2.00. The van der Waals surface area contributed by atoms with Gasteiger partial charge in [-0.25, -0.2) is 4.68 Å². The first-order chi connectivity index (χ1) is 14.8. The van der Waals surface area contributed by atoms with E-state index in [-0.39, 0.29) is 29.5 Å². The number of halogens is 2. The molecule has 1 aromatic carbocycles. The number of carbonyl (C=O) groups excluding carboxylic acids is 1. The number of rotatable bonds is 6. The van der Waals surface area contributed by atoms with Gasteiger partial charge in [0.15, 0.2) is 11.5 Å². The van der Waals surface area contributed by atoms with E-state index >= 15 is 0 Å². The summed E-state index contributed by atoms with van der Waals surface area (Å²) in [6, 6.07) is 2.88. The van der Waals surface area contributed by atoms with Crippen molar-refractivity contribution in [1.29, 1.82) is 0 Å². The van der Waals surface area contributed by atoms with Gasteiger partial charge < -0.3 is 26.8 Å². The van der Waals surface area contributed by atoms with E-state index in [1.54, 1.807) is 19.1 Å². The third kappa shape index (κ3) is 4.22. The smallest absolute Gasteiger partial charge is 0.333 e. The fourth-order valence-corrected chi connectivity index (χ4v) is 3.50. The predicted octanol–water partition coefficient (Wildman–Crippen LogP) is 1.30. The molecule has 13 heteroatoms. The van der Waals surface area contributed by atoms with Gasteiger partial charge in [-0.2, -0.15) is 18.9 Å². The van der Waals surface area contributed by atoms with Crippen LogP contribution in [-0.4, -0.2) is 56.2 Å². The van der Waals surface area contributed by atoms with Gasteiger partial charge in [-0.1, -0.05) is 0 Å². The molecule has 0 unspecified atom stereocenters. The van der Waals surface area contributed by atoms with Crippen molar-refractivity contribution in [2.24, 2.45) is 11.5 Å². The summed E-state index contributed by atoms with van der Waals surface area (Å²) in [7, 11) is 0. The van der Waals surface area contributed by atoms with Crippen LogP contribution >= 0.6 is 0 Å². The van der Waals surface area contributed by atoms with Crippen LogP contribution in [0.2, 0.25) is 0 Å². The highest BCUT2D eigenvalue weighted by Gasteiger charge is 2.24. The molecule has 3 heterocycles. The Labute approximate surface area is 175 Å². The maximum Gasteiger partial charge on any atom is 0.333 e. The Bertz CT molecular complexity index is 1120. The van der Waals surface area contributed by atoms with Gasteiger partial charge in [0.2, 0.25) is 5.95 Å². The molecule has 0 aliphatic carbocycles. The minimum Gasteiger partial charge on any atom is -0.380 e. The lowest BCUT2D eigenvalue weighted by Crippen LogP contribution is -2.48. The maximum atomic E-state index is 13.1. The van der Waals surface area contributed by atoms with Crippen molar-refractivity contribution in [2.45, 2.75) is 32.0 Å². The van der Waals surface area contributed by atoms with Gasteiger partial charge in [0, 0.05) is 29.8 Å². The summed E-state index contributed by atoms with van der Waals surface area (Å²) in [5.74, 6) is -0.580. The maximum absolute atomic E-state index is 13.1. The van der Waals surface area contributed by atoms with E-state index in [4.69, 9.17) is 16.2 Å². The van der Waals surface area contributed by atoms with Crippen LogP contribution in [0.1, 0.15) is 29.0 Å². The number of hydrogen-bond acceptors (Lipinski definition) is 9. The summed E-state index contributed by atoms with van der Waals surface area (Å²) in [6.45, 7) is -0.121. The molecule has 2 aromatic heterocycles. The van der Waals surface area contributed by atoms with Crippen molar-refractivity contribution >= 4 is 34.3 Å². The van der Waals surface area contributed by atoms with Crippen molar-refractivity contribution < 1.29 is 18.3 Å². The lowest BCUT2D eigenvalue weighted by Gasteiger charge is -2.29. The van der Waals surface area contributed by atoms with Gasteiger partial charge in [-0.05, 0) is 31.0 Å². The number of fused-ring (bicyclic) bond motifs is 1. The molecule has 0 saturated carbocycles. The van der Waals surface area contributed by atoms with E-state index in [1.165, 1.54) is 6.20 Å². The number of aromatic nitrogens is 5. The Morgan fingerprint density at radius 1 is 1.35 bits per heavy atom. The monoisotopic (exact) mass is 433 g/mol. The molecule has 1 saturated heterocycles. The van der Waals surface area contributed by atoms with Crippen LogP contribution in [0.5, 0.6) is 0 Å². The molecule has 0 spiro atoms. The second-order valence-corrected chi connectivity index (χ2v) is 7.20. The van der Waals surface area contributed by atoms with Crippen LogP contribution < -0.4 is 22.1 Å². The number of anilines is 3. The van der Waals surface area contributed by atoms with E-state index < -0.39 is 12.5 Å². The molecule has 0 bridgehead atoms. The second kappa shape index (κ2) is 8.35. The number of primary amides is 1. The van der Waals surface area contributed by atoms with E-state index in [9.17, 15) is 13.6 Å². The lowest BCUT2D eigenvalue weighted by molar-refractivity contribution is 0.0614. The third-order valence-corrected chi connectivity index (χ3v) is 4.96. The van der Waals surface area contributed by atoms with Crippen LogP contribution in [-0.2, 0) is 4.74 Å². The standard InChI is InChI=1S/C18H21F2N9O2/c1-8-4-10(5-9-6-23-29(14(8)9)17(19)20)24-16-13(15(22)30)27-28-18(26-16)25-12-2-3-31-7-11(12)21/h4-6,11-12,17H,2-3,7,21H2,1H3,(H2,22,30)(H2,24,25,26,28)/t11-,12+/m0/s1. The van der Waals surface area contributed by atoms with E-state index in [1.807, 2.05) is 0 Å². The van der Waals surface area contributed by atoms with E-state index in [0.717, 1.165) is 0 Å². The predicted molar refractivity (Wildman–Crippen MR) is 108 cm³/mol. The normalized spacial score (nSPS) is 19.0. The summed E-state index contributed by atoms with van der Waals surface area (Å²) >= 11 is 0. The zero-order valence-electron chi connectivity index (χ0n) is 16.5. The second-order valence-electron chi connectivity index (χ2n) is 7.20. The number of hydrogen-bond donors (Lipinski definition) is 4. The van der Waals surface area contributed by atoms with Crippen molar-refractivity contribution in [1.82, 2.24) is 25.0 Å². The van der Waals surface area contributed by atoms with E-state index in [0.29, 0.717) is 46.5 Å². The summed E-state index contributed by atoms with van der Waals surface area (Å²) in [5, 5.41) is 18.1. The molecule has 11 nitrogen and oxygen atoms in total. The summed E-state index contributed by atoms with van der Waals surface area (Å²) in [4.78, 5) is 16.1. The molecule has 6 N–H and O–H groups in total. The number of alkyl halides is 2. The van der Waals surface area contributed by atoms with Crippen LogP contribution in [0.4, 0.5) is 26.2 Å². The molecule has 164 valence electrons. The molecule has 2 atom stereocenters. The summed E-state index contributed by atoms with van der Waals surface area (Å²) in [5.41, 5.74) is 12.7. The van der Waals surface area contributed by atoms with Crippen LogP contribution in [0.3, 0.4) is 0 Å². The van der Waals surface area contributed by atoms with Crippen LogP contribution in [0, 0.1) is 6.92 Å². The fraction of sp³-hybridized carbons (Fsp3) is 0.389. The highest BCUT2D eigenvalue weighted by atomic mass is 19.3. The Morgan fingerprint density at radius 3 is 2.87 bits per heavy atom. The summed E-state index contributed by atoms with van der Waals surface area (Å²) < 4.78 is 32.3. The molecule has 1 fully saturated rings. The van der Waals surface area contributed by atoms with Crippen molar-refractivity contribution in [3.05, 3.63) is 29.6 Å². The van der Waals surface area contributed by atoms with Gasteiger partial charge in [0.05, 0.1) is 18.3 Å². The van der Waals surface area contributed by atoms with Crippen LogP contribution in [0.25, 0.3) is 10.9 Å². The quantitative estimate of drug-likeness (QED) is 0.449. The third-order valence-electron chi connectivity index (χ3n) is 4.96. The van der Waals surface area contributed by atoms with Crippen molar-refractivity contribution in [2.75, 3.05) is 23.8 Å². The van der Waals surface area contributed by atoms with Gasteiger partial charge in [0.1, 0.15) is 0 Å². The molecule has 1 aliphatic rings. The zero-order valence-corrected chi connectivity index (χ0v) is 16.5. The largest absolute Gasteiger partial charge is 0.380 e. The number of benzene rings is 1. The average molecular weight is 433 g/mol. The Morgan fingerprint density at radius 2 is 2.16 bits per heavy atom. The topological polar surface area (TPSA) is 159 Å². The minimum absolute atomic E-state index is 0.0747. The Hall–Kier alpha value is -3.45. The molecular formula is C18H21F2N9O2. The first kappa shape index (κ1) is 20.8. The number of amides is 1. The zero-order chi connectivity index (χ0) is 22.1. The first-order valence-electron chi connectivity index (χ1n) is 9.51. The first-order valence-corrected chi connectivity index (χ1v) is 9.51. The van der Waals surface area contributed by atoms with Gasteiger partial charge in [-0.15, -0.1) is 10.2 Å². The highest BCUT2D eigenvalue weighted by Crippen LogP contribution is 2.28. The minimum atomic E-state index is -2.76. The molecule has 0 radical (unpaired) electrons. The molecular weight excluding hydrogens is 412 g/mol. The molecule has 4 rings (SSSR count). The Kier molecular flexibility index (Phi) is 5.61. The Balaban J connectivity index is 1.65. The number of carbonyl (C=O) groups is 1. The van der Waals surface area contributed by atoms with Crippen molar-refractivity contribution in [3.8, 4) is 0 Å². The SMILES string of the molecule is Cc1cc(Nc2nc(N[C@@H]3CCOC[C@@H]3N)nnc2C(N)=O)cc2cnn(C(F)F)c12. The van der Waals surface area contributed by atoms with Crippen LogP contribution in [0.15, 0.2) is 18.3 Å². The molecule has 1 aliphatic heterocycles. The number of ether oxygens (including phenoxy) is 1. The molecule has 31 heavy (non-hydrogen) atoms. The fourth-order valence-electron chi connectivity index (χ4n) is 3.50.